The summed E-state index contributed by atoms with van der Waals surface area (Å²) in [7, 11) is 2.03. The summed E-state index contributed by atoms with van der Waals surface area (Å²) in [5.41, 5.74) is 0.859. The molecule has 0 unspecified atom stereocenters. The van der Waals surface area contributed by atoms with Crippen LogP contribution >= 0.6 is 27.3 Å². The molecule has 21 heavy (non-hydrogen) atoms. The minimum absolute atomic E-state index is 0.574. The number of pyridine rings is 1. The van der Waals surface area contributed by atoms with E-state index in [1.807, 2.05) is 19.2 Å². The minimum atomic E-state index is 0.574. The Balaban J connectivity index is 1.64. The summed E-state index contributed by atoms with van der Waals surface area (Å²) in [6, 6.07) is 7.93. The maximum atomic E-state index is 5.30. The summed E-state index contributed by atoms with van der Waals surface area (Å²) in [4.78, 5) is 11.9. The second kappa shape index (κ2) is 6.46. The smallest absolute Gasteiger partial charge is 0.241 e. The zero-order chi connectivity index (χ0) is 14.7. The highest BCUT2D eigenvalue weighted by Crippen LogP contribution is 2.23. The first kappa shape index (κ1) is 14.4. The molecule has 3 aromatic rings. The van der Waals surface area contributed by atoms with Gasteiger partial charge in [-0.1, -0.05) is 5.16 Å². The van der Waals surface area contributed by atoms with Gasteiger partial charge in [0.05, 0.1) is 10.3 Å². The molecule has 0 aliphatic carbocycles. The van der Waals surface area contributed by atoms with Crippen molar-refractivity contribution in [3.05, 3.63) is 51.2 Å². The topological polar surface area (TPSA) is 55.1 Å². The van der Waals surface area contributed by atoms with Crippen LogP contribution in [0.5, 0.6) is 0 Å². The van der Waals surface area contributed by atoms with E-state index in [-0.39, 0.29) is 0 Å². The lowest BCUT2D eigenvalue weighted by atomic mass is 10.3. The number of thiophene rings is 1. The van der Waals surface area contributed by atoms with Crippen molar-refractivity contribution in [2.24, 2.45) is 0 Å². The van der Waals surface area contributed by atoms with E-state index in [1.165, 1.54) is 4.88 Å². The zero-order valence-electron chi connectivity index (χ0n) is 11.4. The van der Waals surface area contributed by atoms with E-state index in [0.29, 0.717) is 18.3 Å². The monoisotopic (exact) mass is 364 g/mol. The molecule has 0 aliphatic heterocycles. The molecular weight excluding hydrogens is 352 g/mol. The second-order valence-corrected chi connectivity index (χ2v) is 7.18. The number of rotatable bonds is 5. The lowest BCUT2D eigenvalue weighted by molar-refractivity contribution is 0.262. The Labute approximate surface area is 134 Å². The Morgan fingerprint density at radius 3 is 2.90 bits per heavy atom. The summed E-state index contributed by atoms with van der Waals surface area (Å²) in [6.45, 7) is 1.46. The highest BCUT2D eigenvalue weighted by Gasteiger charge is 2.11. The van der Waals surface area contributed by atoms with Crippen LogP contribution in [0.4, 0.5) is 0 Å². The average molecular weight is 365 g/mol. The van der Waals surface area contributed by atoms with E-state index in [2.05, 4.69) is 48.1 Å². The van der Waals surface area contributed by atoms with Crippen LogP contribution in [0.2, 0.25) is 0 Å². The van der Waals surface area contributed by atoms with Gasteiger partial charge in [-0.2, -0.15) is 4.98 Å². The number of hydrogen-bond donors (Lipinski definition) is 0. The molecule has 3 rings (SSSR count). The number of hydrogen-bond acceptors (Lipinski definition) is 6. The molecule has 0 radical (unpaired) electrons. The van der Waals surface area contributed by atoms with Crippen LogP contribution in [-0.4, -0.2) is 27.1 Å². The Morgan fingerprint density at radius 1 is 1.29 bits per heavy atom. The fourth-order valence-corrected chi connectivity index (χ4v) is 3.48. The molecule has 0 aromatic carbocycles. The van der Waals surface area contributed by atoms with Crippen LogP contribution in [0.25, 0.3) is 11.4 Å². The molecule has 0 aliphatic rings. The van der Waals surface area contributed by atoms with Crippen LogP contribution in [0.15, 0.2) is 45.0 Å². The normalized spacial score (nSPS) is 11.2. The van der Waals surface area contributed by atoms with Gasteiger partial charge < -0.3 is 4.52 Å². The molecule has 3 aromatic heterocycles. The van der Waals surface area contributed by atoms with Crippen molar-refractivity contribution in [1.29, 1.82) is 0 Å². The summed E-state index contributed by atoms with van der Waals surface area (Å²) in [5.74, 6) is 1.18. The molecule has 0 fully saturated rings. The Bertz CT molecular complexity index is 713. The van der Waals surface area contributed by atoms with E-state index in [0.717, 1.165) is 15.9 Å². The summed E-state index contributed by atoms with van der Waals surface area (Å²) < 4.78 is 6.44. The van der Waals surface area contributed by atoms with Crippen LogP contribution < -0.4 is 0 Å². The number of nitrogens with zero attached hydrogens (tertiary/aromatic N) is 4. The third-order valence-corrected chi connectivity index (χ3v) is 4.46. The number of halogens is 1. The van der Waals surface area contributed by atoms with Crippen LogP contribution in [0.3, 0.4) is 0 Å². The largest absolute Gasteiger partial charge is 0.338 e. The van der Waals surface area contributed by atoms with E-state index in [1.54, 1.807) is 23.7 Å². The first-order valence-corrected chi connectivity index (χ1v) is 7.97. The predicted molar refractivity (Wildman–Crippen MR) is 84.7 cm³/mol. The van der Waals surface area contributed by atoms with Crippen molar-refractivity contribution in [2.45, 2.75) is 13.1 Å². The molecule has 108 valence electrons. The predicted octanol–water partition coefficient (Wildman–Crippen LogP) is 3.59. The zero-order valence-corrected chi connectivity index (χ0v) is 13.8. The van der Waals surface area contributed by atoms with Crippen LogP contribution in [0, 0.1) is 0 Å². The molecule has 0 spiro atoms. The standard InChI is InChI=1S/C14H13BrN4OS/c1-19(8-11-4-5-12(15)21-11)9-13-17-14(18-20-13)10-3-2-6-16-7-10/h2-7H,8-9H2,1H3. The van der Waals surface area contributed by atoms with Gasteiger partial charge in [-0.25, -0.2) is 0 Å². The quantitative estimate of drug-likeness (QED) is 0.692. The highest BCUT2D eigenvalue weighted by molar-refractivity contribution is 9.11. The van der Waals surface area contributed by atoms with Crippen molar-refractivity contribution in [3.63, 3.8) is 0 Å². The van der Waals surface area contributed by atoms with Crippen molar-refractivity contribution in [1.82, 2.24) is 20.0 Å². The fourth-order valence-electron chi connectivity index (χ4n) is 1.92. The first-order valence-electron chi connectivity index (χ1n) is 6.36. The van der Waals surface area contributed by atoms with Gasteiger partial charge in [0.1, 0.15) is 0 Å². The molecule has 5 nitrogen and oxygen atoms in total. The molecule has 3 heterocycles. The van der Waals surface area contributed by atoms with Crippen molar-refractivity contribution >= 4 is 27.3 Å². The van der Waals surface area contributed by atoms with Gasteiger partial charge >= 0.3 is 0 Å². The third kappa shape index (κ3) is 3.75. The van der Waals surface area contributed by atoms with Crippen molar-refractivity contribution < 1.29 is 4.52 Å². The molecular formula is C14H13BrN4OS. The Kier molecular flexibility index (Phi) is 4.42. The Hall–Kier alpha value is -1.57. The van der Waals surface area contributed by atoms with Crippen molar-refractivity contribution in [2.75, 3.05) is 7.05 Å². The van der Waals surface area contributed by atoms with Crippen LogP contribution in [-0.2, 0) is 13.1 Å². The molecule has 0 bridgehead atoms. The minimum Gasteiger partial charge on any atom is -0.338 e. The SMILES string of the molecule is CN(Cc1nc(-c2cccnc2)no1)Cc1ccc(Br)s1. The molecule has 0 N–H and O–H groups in total. The third-order valence-electron chi connectivity index (χ3n) is 2.85. The van der Waals surface area contributed by atoms with Gasteiger partial charge in [-0.3, -0.25) is 9.88 Å². The maximum absolute atomic E-state index is 5.30. The van der Waals surface area contributed by atoms with E-state index >= 15 is 0 Å². The fraction of sp³-hybridized carbons (Fsp3) is 0.214. The van der Waals surface area contributed by atoms with E-state index < -0.39 is 0 Å². The summed E-state index contributed by atoms with van der Waals surface area (Å²) in [5, 5.41) is 3.99. The van der Waals surface area contributed by atoms with E-state index in [4.69, 9.17) is 4.52 Å². The summed E-state index contributed by atoms with van der Waals surface area (Å²) >= 11 is 5.20. The van der Waals surface area contributed by atoms with Gasteiger partial charge in [0.2, 0.25) is 11.7 Å². The molecule has 0 saturated heterocycles. The molecule has 0 amide bonds. The lowest BCUT2D eigenvalue weighted by Gasteiger charge is -2.12. The average Bonchev–Trinajstić information content (AvgIpc) is 3.09. The van der Waals surface area contributed by atoms with Gasteiger partial charge in [-0.15, -0.1) is 11.3 Å². The van der Waals surface area contributed by atoms with E-state index in [9.17, 15) is 0 Å². The van der Waals surface area contributed by atoms with Crippen LogP contribution in [0.1, 0.15) is 10.8 Å². The van der Waals surface area contributed by atoms with Crippen molar-refractivity contribution in [3.8, 4) is 11.4 Å². The summed E-state index contributed by atoms with van der Waals surface area (Å²) in [6.07, 6.45) is 3.44. The Morgan fingerprint density at radius 2 is 2.19 bits per heavy atom. The van der Waals surface area contributed by atoms with Gasteiger partial charge in [-0.05, 0) is 47.2 Å². The van der Waals surface area contributed by atoms with Gasteiger partial charge in [0.15, 0.2) is 0 Å². The number of aromatic nitrogens is 3. The first-order chi connectivity index (χ1) is 10.2. The molecule has 0 saturated carbocycles. The second-order valence-electron chi connectivity index (χ2n) is 4.63. The lowest BCUT2D eigenvalue weighted by Crippen LogP contribution is -2.16. The molecule has 7 heteroatoms. The maximum Gasteiger partial charge on any atom is 0.241 e. The molecule has 0 atom stereocenters. The van der Waals surface area contributed by atoms with Gasteiger partial charge in [0, 0.05) is 29.4 Å². The highest BCUT2D eigenvalue weighted by atomic mass is 79.9. The van der Waals surface area contributed by atoms with Gasteiger partial charge in [0.25, 0.3) is 0 Å².